The van der Waals surface area contributed by atoms with Crippen LogP contribution in [0.25, 0.3) is 0 Å². The minimum Gasteiger partial charge on any atom is -0.455 e. The largest absolute Gasteiger partial charge is 0.455 e. The Morgan fingerprint density at radius 1 is 0.849 bits per heavy atom. The first-order valence-corrected chi connectivity index (χ1v) is 18.0. The van der Waals surface area contributed by atoms with Gasteiger partial charge in [0.25, 0.3) is 0 Å². The van der Waals surface area contributed by atoms with Crippen molar-refractivity contribution in [1.29, 1.82) is 0 Å². The monoisotopic (exact) mass is 726 g/mol. The average Bonchev–Trinajstić information content (AvgIpc) is 3.78. The topological polar surface area (TPSA) is 174 Å². The molecule has 3 aromatic carbocycles. The van der Waals surface area contributed by atoms with E-state index in [1.165, 1.54) is 6.92 Å². The van der Waals surface area contributed by atoms with Crippen molar-refractivity contribution in [2.24, 2.45) is 17.8 Å². The fraction of sp³-hybridized carbons (Fsp3) is 0.463. The molecule has 6 aliphatic rings. The Hall–Kier alpha value is -3.98. The molecule has 3 saturated carbocycles. The Labute approximate surface area is 305 Å². The standard InChI is InChI=1S/C41H42O12/c1-22(2)39-31-28-30-37(21-42,50-30)34(45)38(47)27(20-23(3)29(38)48-32(43)24-14-8-5-9-15-24)40(28,53-41(51-31,52-39)26-18-12-7-13-19-26)36(4,46)35(39)49-33(44)25-16-10-6-11-17-25/h5-19,23,27-31,34-35,42,45-47H,1,20-21H2,2-4H3/t23-,27+,28-,29-,30-,31+,34+,35-,36+,37-,38+,39+,40-,41?/m0/s1. The Balaban J connectivity index is 1.29. The highest BCUT2D eigenvalue weighted by Gasteiger charge is 2.94. The van der Waals surface area contributed by atoms with Crippen LogP contribution in [0.1, 0.15) is 53.5 Å². The van der Waals surface area contributed by atoms with E-state index in [0.717, 1.165) is 0 Å². The minimum absolute atomic E-state index is 0.0538. The molecule has 278 valence electrons. The Kier molecular flexibility index (Phi) is 7.40. The van der Waals surface area contributed by atoms with Gasteiger partial charge in [-0.05, 0) is 56.0 Å². The molecule has 3 saturated heterocycles. The highest BCUT2D eigenvalue weighted by atomic mass is 16.9. The summed E-state index contributed by atoms with van der Waals surface area (Å²) in [7, 11) is 0. The molecule has 12 heteroatoms. The lowest BCUT2D eigenvalue weighted by atomic mass is 9.50. The van der Waals surface area contributed by atoms with E-state index in [4.69, 9.17) is 28.4 Å². The van der Waals surface area contributed by atoms with Crippen LogP contribution in [0.4, 0.5) is 0 Å². The van der Waals surface area contributed by atoms with Crippen molar-refractivity contribution in [3.8, 4) is 0 Å². The molecule has 3 aromatic rings. The van der Waals surface area contributed by atoms with E-state index < -0.39 is 101 Å². The lowest BCUT2D eigenvalue weighted by molar-refractivity contribution is -0.459. The Morgan fingerprint density at radius 3 is 1.98 bits per heavy atom. The van der Waals surface area contributed by atoms with Gasteiger partial charge in [0.2, 0.25) is 0 Å². The van der Waals surface area contributed by atoms with Gasteiger partial charge in [0, 0.05) is 11.5 Å². The summed E-state index contributed by atoms with van der Waals surface area (Å²) in [5.41, 5.74) is -9.05. The van der Waals surface area contributed by atoms with Crippen LogP contribution in [-0.4, -0.2) is 97.5 Å². The smallest absolute Gasteiger partial charge is 0.338 e. The third-order valence-corrected chi connectivity index (χ3v) is 13.0. The van der Waals surface area contributed by atoms with Crippen molar-refractivity contribution in [2.45, 2.75) is 91.7 Å². The Morgan fingerprint density at radius 2 is 1.42 bits per heavy atom. The predicted octanol–water partition coefficient (Wildman–Crippen LogP) is 3.02. The molecular formula is C41H42O12. The maximum atomic E-state index is 14.0. The van der Waals surface area contributed by atoms with Crippen molar-refractivity contribution < 1.29 is 58.4 Å². The van der Waals surface area contributed by atoms with Gasteiger partial charge in [-0.25, -0.2) is 9.59 Å². The molecule has 3 heterocycles. The zero-order valence-electron chi connectivity index (χ0n) is 29.5. The molecule has 53 heavy (non-hydrogen) atoms. The van der Waals surface area contributed by atoms with E-state index in [1.807, 2.05) is 0 Å². The third-order valence-electron chi connectivity index (χ3n) is 13.0. The van der Waals surface area contributed by atoms with Crippen LogP contribution in [0.3, 0.4) is 0 Å². The number of fused-ring (bicyclic) bond motifs is 3. The highest BCUT2D eigenvalue weighted by Crippen LogP contribution is 2.76. The number of carbonyl (C=O) groups is 2. The maximum Gasteiger partial charge on any atom is 0.338 e. The van der Waals surface area contributed by atoms with E-state index in [-0.39, 0.29) is 17.5 Å². The molecule has 6 fully saturated rings. The molecule has 14 atom stereocenters. The lowest BCUT2D eigenvalue weighted by Gasteiger charge is -2.64. The van der Waals surface area contributed by atoms with E-state index >= 15 is 0 Å². The summed E-state index contributed by atoms with van der Waals surface area (Å²) in [6, 6.07) is 25.3. The van der Waals surface area contributed by atoms with Gasteiger partial charge in [-0.15, -0.1) is 0 Å². The fourth-order valence-corrected chi connectivity index (χ4v) is 10.7. The number of esters is 2. The van der Waals surface area contributed by atoms with Gasteiger partial charge in [-0.1, -0.05) is 80.2 Å². The van der Waals surface area contributed by atoms with Crippen LogP contribution in [0, 0.1) is 17.8 Å². The van der Waals surface area contributed by atoms with Gasteiger partial charge >= 0.3 is 17.9 Å². The second-order valence-electron chi connectivity index (χ2n) is 15.8. The van der Waals surface area contributed by atoms with Crippen LogP contribution in [0.15, 0.2) is 103 Å². The third kappa shape index (κ3) is 4.18. The van der Waals surface area contributed by atoms with Crippen LogP contribution in [-0.2, 0) is 34.4 Å². The molecule has 3 bridgehead atoms. The van der Waals surface area contributed by atoms with Crippen LogP contribution in [0.5, 0.6) is 0 Å². The van der Waals surface area contributed by atoms with Crippen molar-refractivity contribution in [3.05, 3.63) is 120 Å². The first-order chi connectivity index (χ1) is 25.2. The van der Waals surface area contributed by atoms with E-state index in [1.54, 1.807) is 105 Å². The van der Waals surface area contributed by atoms with Gasteiger partial charge in [0.05, 0.1) is 23.7 Å². The number of carbonyl (C=O) groups excluding carboxylic acids is 2. The summed E-state index contributed by atoms with van der Waals surface area (Å²) in [4.78, 5) is 27.7. The summed E-state index contributed by atoms with van der Waals surface area (Å²) in [6.45, 7) is 8.47. The number of benzene rings is 3. The lowest BCUT2D eigenvalue weighted by Crippen LogP contribution is -2.83. The normalized spacial score (nSPS) is 45.6. The van der Waals surface area contributed by atoms with Gasteiger partial charge in [-0.3, -0.25) is 0 Å². The first kappa shape index (κ1) is 34.8. The first-order valence-electron chi connectivity index (χ1n) is 18.0. The SMILES string of the molecule is C=C(C)[C@@]12OC3(c4ccccc4)O[C@@H]1[C@@H]1[C@@H]4O[C@]4(CO)[C@@H](O)[C@@]4(O)[C@@H](C[C@H](C)[C@@H]4OC(=O)c4ccccc4)[C@@]1(O3)[C@](C)(O)[C@@H]2OC(=O)c1ccccc1. The van der Waals surface area contributed by atoms with Crippen molar-refractivity contribution in [2.75, 3.05) is 6.61 Å². The molecule has 0 spiro atoms. The van der Waals surface area contributed by atoms with Gasteiger partial charge in [0.1, 0.15) is 46.8 Å². The van der Waals surface area contributed by atoms with E-state index in [0.29, 0.717) is 11.1 Å². The quantitative estimate of drug-likeness (QED) is 0.160. The van der Waals surface area contributed by atoms with Gasteiger partial charge in [-0.2, -0.15) is 0 Å². The molecule has 0 radical (unpaired) electrons. The summed E-state index contributed by atoms with van der Waals surface area (Å²) < 4.78 is 39.9. The van der Waals surface area contributed by atoms with Crippen LogP contribution < -0.4 is 0 Å². The zero-order valence-corrected chi connectivity index (χ0v) is 29.5. The summed E-state index contributed by atoms with van der Waals surface area (Å²) in [6.07, 6.45) is -6.93. The molecule has 9 rings (SSSR count). The molecule has 12 nitrogen and oxygen atoms in total. The highest BCUT2D eigenvalue weighted by molar-refractivity contribution is 5.90. The second kappa shape index (κ2) is 11.3. The molecule has 3 aliphatic carbocycles. The van der Waals surface area contributed by atoms with Crippen LogP contribution >= 0.6 is 0 Å². The molecular weight excluding hydrogens is 684 g/mol. The molecule has 3 aliphatic heterocycles. The number of hydrogen-bond acceptors (Lipinski definition) is 12. The Bertz CT molecular complexity index is 1970. The number of hydrogen-bond donors (Lipinski definition) is 4. The molecule has 0 amide bonds. The van der Waals surface area contributed by atoms with Crippen molar-refractivity contribution in [1.82, 2.24) is 0 Å². The number of ether oxygens (including phenoxy) is 6. The van der Waals surface area contributed by atoms with Crippen molar-refractivity contribution >= 4 is 11.9 Å². The van der Waals surface area contributed by atoms with Gasteiger partial charge in [0.15, 0.2) is 11.7 Å². The second-order valence-corrected chi connectivity index (χ2v) is 15.8. The maximum absolute atomic E-state index is 14.0. The molecule has 1 unspecified atom stereocenters. The van der Waals surface area contributed by atoms with Gasteiger partial charge < -0.3 is 48.8 Å². The number of aliphatic hydroxyl groups excluding tert-OH is 2. The fourth-order valence-electron chi connectivity index (χ4n) is 10.7. The van der Waals surface area contributed by atoms with Crippen molar-refractivity contribution in [3.63, 3.8) is 0 Å². The number of epoxide rings is 1. The summed E-state index contributed by atoms with van der Waals surface area (Å²) in [5.74, 6) is -6.48. The van der Waals surface area contributed by atoms with E-state index in [9.17, 15) is 30.0 Å². The predicted molar refractivity (Wildman–Crippen MR) is 184 cm³/mol. The molecule has 0 aromatic heterocycles. The van der Waals surface area contributed by atoms with Crippen LogP contribution in [0.2, 0.25) is 0 Å². The van der Waals surface area contributed by atoms with E-state index in [2.05, 4.69) is 6.58 Å². The zero-order chi connectivity index (χ0) is 37.3. The summed E-state index contributed by atoms with van der Waals surface area (Å²) in [5, 5.41) is 50.3. The molecule has 4 N–H and O–H groups in total. The number of rotatable bonds is 7. The summed E-state index contributed by atoms with van der Waals surface area (Å²) >= 11 is 0. The minimum atomic E-state index is -2.40. The average molecular weight is 727 g/mol. The number of aliphatic hydroxyl groups is 4.